The van der Waals surface area contributed by atoms with Gasteiger partial charge in [-0.05, 0) is 54.8 Å². The van der Waals surface area contributed by atoms with Crippen molar-refractivity contribution < 1.29 is 14.0 Å². The fraction of sp³-hybridized carbons (Fsp3) is 0.276. The molecule has 0 radical (unpaired) electrons. The average Bonchev–Trinajstić information content (AvgIpc) is 3.51. The minimum Gasteiger partial charge on any atom is -0.325 e. The second kappa shape index (κ2) is 10.4. The van der Waals surface area contributed by atoms with Gasteiger partial charge in [-0.15, -0.1) is 23.1 Å². The number of thiophene rings is 1. The Balaban J connectivity index is 1.67. The van der Waals surface area contributed by atoms with Gasteiger partial charge in [-0.2, -0.15) is 5.10 Å². The lowest BCUT2D eigenvalue weighted by molar-refractivity contribution is -0.120. The summed E-state index contributed by atoms with van der Waals surface area (Å²) in [7, 11) is 0. The van der Waals surface area contributed by atoms with Crippen LogP contribution in [0.15, 0.2) is 66.0 Å². The van der Waals surface area contributed by atoms with E-state index in [4.69, 9.17) is 5.10 Å². The van der Waals surface area contributed by atoms with E-state index in [0.29, 0.717) is 11.5 Å². The SMILES string of the molecule is Cc1ccc(-n2nc(C(C)(C)C)c3c2N(CC(=O)Nc2ccc(F)cc2)C(=O)CSC3c2cccs2)cc1. The fourth-order valence-corrected chi connectivity index (χ4v) is 6.66. The Labute approximate surface area is 229 Å². The van der Waals surface area contributed by atoms with E-state index < -0.39 is 0 Å². The van der Waals surface area contributed by atoms with Gasteiger partial charge in [-0.1, -0.05) is 44.5 Å². The van der Waals surface area contributed by atoms with E-state index in [-0.39, 0.29) is 40.6 Å². The average molecular weight is 549 g/mol. The molecule has 4 aromatic rings. The van der Waals surface area contributed by atoms with Crippen LogP contribution in [-0.4, -0.2) is 33.9 Å². The molecule has 0 aliphatic carbocycles. The zero-order valence-corrected chi connectivity index (χ0v) is 23.3. The van der Waals surface area contributed by atoms with Gasteiger partial charge in [0, 0.05) is 21.5 Å². The van der Waals surface area contributed by atoms with Crippen molar-refractivity contribution in [2.24, 2.45) is 0 Å². The highest BCUT2D eigenvalue weighted by molar-refractivity contribution is 8.00. The van der Waals surface area contributed by atoms with Gasteiger partial charge in [0.25, 0.3) is 0 Å². The van der Waals surface area contributed by atoms with Gasteiger partial charge in [0.2, 0.25) is 11.8 Å². The number of anilines is 2. The standard InChI is InChI=1S/C29H29FN4O2S2/c1-18-7-13-21(14-8-18)34-28-25(27(32-34)29(2,3)4)26(22-6-5-15-37-22)38-17-24(36)33(28)16-23(35)31-20-11-9-19(30)10-12-20/h5-15,26H,16-17H2,1-4H3,(H,31,35). The largest absolute Gasteiger partial charge is 0.325 e. The summed E-state index contributed by atoms with van der Waals surface area (Å²) in [5.74, 6) is -0.0914. The molecule has 0 saturated heterocycles. The molecule has 38 heavy (non-hydrogen) atoms. The van der Waals surface area contributed by atoms with Crippen molar-refractivity contribution in [1.82, 2.24) is 9.78 Å². The molecular weight excluding hydrogens is 519 g/mol. The minimum atomic E-state index is -0.385. The molecule has 1 atom stereocenters. The van der Waals surface area contributed by atoms with Crippen LogP contribution in [0.5, 0.6) is 0 Å². The maximum atomic E-state index is 13.7. The summed E-state index contributed by atoms with van der Waals surface area (Å²) >= 11 is 3.21. The molecule has 0 saturated carbocycles. The zero-order valence-electron chi connectivity index (χ0n) is 21.7. The smallest absolute Gasteiger partial charge is 0.244 e. The Morgan fingerprint density at radius 1 is 1.11 bits per heavy atom. The topological polar surface area (TPSA) is 67.2 Å². The Bertz CT molecular complexity index is 1460. The van der Waals surface area contributed by atoms with Crippen molar-refractivity contribution in [1.29, 1.82) is 0 Å². The summed E-state index contributed by atoms with van der Waals surface area (Å²) in [6, 6.07) is 17.7. The van der Waals surface area contributed by atoms with Gasteiger partial charge in [0.15, 0.2) is 0 Å². The van der Waals surface area contributed by atoms with E-state index >= 15 is 0 Å². The van der Waals surface area contributed by atoms with Crippen molar-refractivity contribution >= 4 is 46.4 Å². The summed E-state index contributed by atoms with van der Waals surface area (Å²) < 4.78 is 15.2. The van der Waals surface area contributed by atoms with Crippen LogP contribution in [0.1, 0.15) is 47.7 Å². The van der Waals surface area contributed by atoms with E-state index in [9.17, 15) is 14.0 Å². The van der Waals surface area contributed by atoms with Crippen molar-refractivity contribution in [3.63, 3.8) is 0 Å². The number of thioether (sulfide) groups is 1. The molecule has 3 heterocycles. The molecule has 1 aliphatic rings. The predicted molar refractivity (Wildman–Crippen MR) is 153 cm³/mol. The maximum absolute atomic E-state index is 13.7. The number of carbonyl (C=O) groups is 2. The molecule has 1 N–H and O–H groups in total. The lowest BCUT2D eigenvalue weighted by Gasteiger charge is -2.24. The van der Waals surface area contributed by atoms with Crippen LogP contribution in [0.3, 0.4) is 0 Å². The van der Waals surface area contributed by atoms with Crippen LogP contribution in [0.4, 0.5) is 15.9 Å². The van der Waals surface area contributed by atoms with Crippen LogP contribution in [0.2, 0.25) is 0 Å². The Morgan fingerprint density at radius 2 is 1.82 bits per heavy atom. The third-order valence-corrected chi connectivity index (χ3v) is 8.63. The highest BCUT2D eigenvalue weighted by atomic mass is 32.2. The molecule has 196 valence electrons. The highest BCUT2D eigenvalue weighted by Crippen LogP contribution is 2.49. The Morgan fingerprint density at radius 3 is 2.45 bits per heavy atom. The number of halogens is 1. The number of hydrogen-bond acceptors (Lipinski definition) is 5. The van der Waals surface area contributed by atoms with Gasteiger partial charge in [0.1, 0.15) is 18.2 Å². The Hall–Kier alpha value is -3.43. The number of amides is 2. The van der Waals surface area contributed by atoms with Gasteiger partial charge in [0.05, 0.1) is 22.4 Å². The molecule has 1 aliphatic heterocycles. The second-order valence-electron chi connectivity index (χ2n) is 10.3. The quantitative estimate of drug-likeness (QED) is 0.310. The van der Waals surface area contributed by atoms with E-state index in [1.807, 2.05) is 47.3 Å². The summed E-state index contributed by atoms with van der Waals surface area (Å²) in [6.07, 6.45) is 0. The summed E-state index contributed by atoms with van der Waals surface area (Å²) in [4.78, 5) is 29.6. The van der Waals surface area contributed by atoms with E-state index in [1.165, 1.54) is 24.3 Å². The third-order valence-electron chi connectivity index (χ3n) is 6.31. The fourth-order valence-electron chi connectivity index (χ4n) is 4.48. The van der Waals surface area contributed by atoms with Gasteiger partial charge >= 0.3 is 0 Å². The molecule has 9 heteroatoms. The number of nitrogens with one attached hydrogen (secondary N) is 1. The normalized spacial score (nSPS) is 15.8. The summed E-state index contributed by atoms with van der Waals surface area (Å²) in [6.45, 7) is 8.17. The number of nitrogens with zero attached hydrogens (tertiary/aromatic N) is 3. The van der Waals surface area contributed by atoms with Crippen LogP contribution in [0, 0.1) is 12.7 Å². The van der Waals surface area contributed by atoms with E-state index in [2.05, 4.69) is 32.2 Å². The van der Waals surface area contributed by atoms with Crippen LogP contribution >= 0.6 is 23.1 Å². The second-order valence-corrected chi connectivity index (χ2v) is 12.4. The number of hydrogen-bond donors (Lipinski definition) is 1. The molecule has 0 spiro atoms. The van der Waals surface area contributed by atoms with Crippen molar-refractivity contribution in [3.05, 3.63) is 93.6 Å². The molecular formula is C29H29FN4O2S2. The zero-order chi connectivity index (χ0) is 27.0. The van der Waals surface area contributed by atoms with E-state index in [0.717, 1.165) is 27.4 Å². The van der Waals surface area contributed by atoms with E-state index in [1.54, 1.807) is 28.0 Å². The van der Waals surface area contributed by atoms with Crippen LogP contribution < -0.4 is 10.2 Å². The molecule has 5 rings (SSSR count). The first-order valence-electron chi connectivity index (χ1n) is 12.3. The first-order valence-corrected chi connectivity index (χ1v) is 14.3. The molecule has 2 aromatic heterocycles. The van der Waals surface area contributed by atoms with Gasteiger partial charge < -0.3 is 5.32 Å². The first-order chi connectivity index (χ1) is 18.1. The molecule has 0 fully saturated rings. The van der Waals surface area contributed by atoms with Gasteiger partial charge in [-0.25, -0.2) is 9.07 Å². The number of aromatic nitrogens is 2. The highest BCUT2D eigenvalue weighted by Gasteiger charge is 2.40. The Kier molecular flexibility index (Phi) is 7.15. The number of carbonyl (C=O) groups excluding carboxylic acids is 2. The maximum Gasteiger partial charge on any atom is 0.244 e. The van der Waals surface area contributed by atoms with Gasteiger partial charge in [-0.3, -0.25) is 14.5 Å². The van der Waals surface area contributed by atoms with Crippen LogP contribution in [-0.2, 0) is 15.0 Å². The molecule has 2 aromatic carbocycles. The predicted octanol–water partition coefficient (Wildman–Crippen LogP) is 6.49. The van der Waals surface area contributed by atoms with Crippen molar-refractivity contribution in [2.75, 3.05) is 22.5 Å². The summed E-state index contributed by atoms with van der Waals surface area (Å²) in [5.41, 5.74) is 3.92. The lowest BCUT2D eigenvalue weighted by atomic mass is 9.88. The summed E-state index contributed by atoms with van der Waals surface area (Å²) in [5, 5.41) is 9.82. The number of rotatable bonds is 5. The molecule has 0 bridgehead atoms. The third kappa shape index (κ3) is 5.26. The number of fused-ring (bicyclic) bond motifs is 1. The van der Waals surface area contributed by atoms with Crippen molar-refractivity contribution in [3.8, 4) is 5.69 Å². The first kappa shape index (κ1) is 26.2. The number of aryl methyl sites for hydroxylation is 1. The van der Waals surface area contributed by atoms with Crippen LogP contribution in [0.25, 0.3) is 5.69 Å². The molecule has 1 unspecified atom stereocenters. The molecule has 6 nitrogen and oxygen atoms in total. The minimum absolute atomic E-state index is 0.104. The molecule has 2 amide bonds. The number of benzene rings is 2. The monoisotopic (exact) mass is 548 g/mol. The van der Waals surface area contributed by atoms with Crippen molar-refractivity contribution in [2.45, 2.75) is 38.4 Å². The lowest BCUT2D eigenvalue weighted by Crippen LogP contribution is -2.40.